The Hall–Kier alpha value is -2.34. The van der Waals surface area contributed by atoms with Gasteiger partial charge in [0.05, 0.1) is 31.2 Å². The lowest BCUT2D eigenvalue weighted by Crippen LogP contribution is -2.29. The molecule has 23 heavy (non-hydrogen) atoms. The van der Waals surface area contributed by atoms with Gasteiger partial charge in [-0.25, -0.2) is 8.42 Å². The quantitative estimate of drug-likeness (QED) is 0.763. The predicted octanol–water partition coefficient (Wildman–Crippen LogP) is 2.86. The number of sulfonamides is 1. The summed E-state index contributed by atoms with van der Waals surface area (Å²) in [6.07, 6.45) is 1.15. The molecule has 0 N–H and O–H groups in total. The molecule has 6 heteroatoms. The molecule has 2 rings (SSSR count). The van der Waals surface area contributed by atoms with Crippen LogP contribution in [0.15, 0.2) is 48.5 Å². The summed E-state index contributed by atoms with van der Waals surface area (Å²) in [6, 6.07) is 14.1. The summed E-state index contributed by atoms with van der Waals surface area (Å²) >= 11 is 0. The van der Waals surface area contributed by atoms with Crippen molar-refractivity contribution in [3.63, 3.8) is 0 Å². The average molecular weight is 333 g/mol. The minimum Gasteiger partial charge on any atom is -0.496 e. The Labute approximate surface area is 136 Å². The third-order valence-electron chi connectivity index (χ3n) is 3.42. The number of hydrogen-bond donors (Lipinski definition) is 0. The zero-order valence-corrected chi connectivity index (χ0v) is 14.1. The fourth-order valence-electron chi connectivity index (χ4n) is 2.28. The van der Waals surface area contributed by atoms with Crippen molar-refractivity contribution in [2.24, 2.45) is 0 Å². The van der Waals surface area contributed by atoms with Crippen LogP contribution in [0.5, 0.6) is 5.75 Å². The van der Waals surface area contributed by atoms with Crippen molar-refractivity contribution >= 4 is 21.5 Å². The first-order valence-corrected chi connectivity index (χ1v) is 8.88. The summed E-state index contributed by atoms with van der Waals surface area (Å²) in [5, 5.41) is 0. The fourth-order valence-corrected chi connectivity index (χ4v) is 3.16. The number of carbonyl (C=O) groups is 1. The van der Waals surface area contributed by atoms with Crippen LogP contribution < -0.4 is 9.04 Å². The van der Waals surface area contributed by atoms with E-state index in [2.05, 4.69) is 0 Å². The molecule has 0 amide bonds. The van der Waals surface area contributed by atoms with Gasteiger partial charge >= 0.3 is 0 Å². The maximum Gasteiger partial charge on any atom is 0.232 e. The molecule has 0 aliphatic rings. The summed E-state index contributed by atoms with van der Waals surface area (Å²) in [4.78, 5) is 11.8. The van der Waals surface area contributed by atoms with Gasteiger partial charge in [-0.05, 0) is 30.7 Å². The molecule has 0 atom stereocenters. The van der Waals surface area contributed by atoms with Crippen LogP contribution in [-0.4, -0.2) is 27.6 Å². The topological polar surface area (TPSA) is 63.7 Å². The Morgan fingerprint density at radius 3 is 2.30 bits per heavy atom. The molecular weight excluding hydrogens is 314 g/mol. The number of carbonyl (C=O) groups excluding carboxylic acids is 1. The van der Waals surface area contributed by atoms with E-state index in [0.717, 1.165) is 11.8 Å². The fraction of sp³-hybridized carbons (Fsp3) is 0.235. The van der Waals surface area contributed by atoms with Gasteiger partial charge in [-0.3, -0.25) is 9.10 Å². The minimum atomic E-state index is -3.50. The number of ketones is 1. The highest BCUT2D eigenvalue weighted by Gasteiger charge is 2.20. The lowest BCUT2D eigenvalue weighted by atomic mass is 10.1. The van der Waals surface area contributed by atoms with Crippen LogP contribution in [0.1, 0.15) is 22.8 Å². The number of Topliss-reactive ketones (excluding diaryl/α,β-unsaturated/α-hetero) is 1. The van der Waals surface area contributed by atoms with E-state index in [1.54, 1.807) is 18.2 Å². The van der Waals surface area contributed by atoms with Crippen LogP contribution in [0.3, 0.4) is 0 Å². The molecule has 0 saturated carbocycles. The number of rotatable bonds is 6. The molecule has 0 unspecified atom stereocenters. The van der Waals surface area contributed by atoms with Crippen molar-refractivity contribution < 1.29 is 17.9 Å². The van der Waals surface area contributed by atoms with E-state index in [4.69, 9.17) is 4.74 Å². The number of benzene rings is 2. The Bertz CT molecular complexity index is 801. The smallest absolute Gasteiger partial charge is 0.232 e. The third kappa shape index (κ3) is 4.10. The molecule has 0 fully saturated rings. The van der Waals surface area contributed by atoms with E-state index in [0.29, 0.717) is 17.0 Å². The van der Waals surface area contributed by atoms with Crippen molar-refractivity contribution in [2.75, 3.05) is 17.7 Å². The van der Waals surface area contributed by atoms with E-state index < -0.39 is 10.0 Å². The first-order valence-electron chi connectivity index (χ1n) is 7.03. The van der Waals surface area contributed by atoms with Crippen LogP contribution in [0.25, 0.3) is 0 Å². The van der Waals surface area contributed by atoms with Crippen molar-refractivity contribution in [3.8, 4) is 5.75 Å². The van der Waals surface area contributed by atoms with Crippen LogP contribution >= 0.6 is 0 Å². The molecule has 122 valence electrons. The van der Waals surface area contributed by atoms with Crippen LogP contribution in [0.2, 0.25) is 0 Å². The molecular formula is C17H19NO4S. The molecule has 2 aromatic rings. The van der Waals surface area contributed by atoms with Gasteiger partial charge in [0.25, 0.3) is 0 Å². The van der Waals surface area contributed by atoms with E-state index in [-0.39, 0.29) is 12.3 Å². The molecule has 0 spiro atoms. The Morgan fingerprint density at radius 2 is 1.78 bits per heavy atom. The average Bonchev–Trinajstić information content (AvgIpc) is 2.52. The number of methoxy groups -OCH3 is 1. The lowest BCUT2D eigenvalue weighted by molar-refractivity contribution is 0.101. The highest BCUT2D eigenvalue weighted by Crippen LogP contribution is 2.28. The largest absolute Gasteiger partial charge is 0.496 e. The molecule has 2 aromatic carbocycles. The van der Waals surface area contributed by atoms with Gasteiger partial charge in [-0.2, -0.15) is 0 Å². The number of hydrogen-bond acceptors (Lipinski definition) is 4. The molecule has 0 heterocycles. The molecule has 0 aromatic heterocycles. The number of nitrogens with zero attached hydrogens (tertiary/aromatic N) is 1. The first-order chi connectivity index (χ1) is 10.8. The Balaban J connectivity index is 2.48. The third-order valence-corrected chi connectivity index (χ3v) is 4.56. The number of anilines is 1. The standard InChI is InChI=1S/C17H19NO4S/c1-13(19)16-11-15(9-10-17(16)22-2)18(23(3,20)21)12-14-7-5-4-6-8-14/h4-11H,12H2,1-3H3. The van der Waals surface area contributed by atoms with Crippen molar-refractivity contribution in [3.05, 3.63) is 59.7 Å². The minimum absolute atomic E-state index is 0.183. The summed E-state index contributed by atoms with van der Waals surface area (Å²) in [5.41, 5.74) is 1.65. The van der Waals surface area contributed by atoms with Crippen LogP contribution in [0.4, 0.5) is 5.69 Å². The van der Waals surface area contributed by atoms with E-state index >= 15 is 0 Å². The molecule has 0 aliphatic carbocycles. The van der Waals surface area contributed by atoms with Crippen LogP contribution in [-0.2, 0) is 16.6 Å². The highest BCUT2D eigenvalue weighted by atomic mass is 32.2. The van der Waals surface area contributed by atoms with Gasteiger partial charge < -0.3 is 4.74 Å². The highest BCUT2D eigenvalue weighted by molar-refractivity contribution is 7.92. The van der Waals surface area contributed by atoms with Crippen molar-refractivity contribution in [1.82, 2.24) is 0 Å². The van der Waals surface area contributed by atoms with Crippen molar-refractivity contribution in [1.29, 1.82) is 0 Å². The van der Waals surface area contributed by atoms with Gasteiger partial charge in [0.1, 0.15) is 5.75 Å². The maximum atomic E-state index is 12.2. The van der Waals surface area contributed by atoms with Gasteiger partial charge in [-0.1, -0.05) is 30.3 Å². The van der Waals surface area contributed by atoms with E-state index in [1.165, 1.54) is 18.3 Å². The van der Waals surface area contributed by atoms with E-state index in [1.807, 2.05) is 30.3 Å². The molecule has 5 nitrogen and oxygen atoms in total. The normalized spacial score (nSPS) is 11.1. The summed E-state index contributed by atoms with van der Waals surface area (Å²) in [7, 11) is -2.03. The molecule has 0 bridgehead atoms. The van der Waals surface area contributed by atoms with Gasteiger partial charge in [0.15, 0.2) is 5.78 Å². The molecule has 0 radical (unpaired) electrons. The van der Waals surface area contributed by atoms with E-state index in [9.17, 15) is 13.2 Å². The molecule has 0 saturated heterocycles. The summed E-state index contributed by atoms with van der Waals surface area (Å²) < 4.78 is 30.8. The Kier molecular flexibility index (Phi) is 5.05. The zero-order valence-electron chi connectivity index (χ0n) is 13.3. The van der Waals surface area contributed by atoms with Gasteiger partial charge in [-0.15, -0.1) is 0 Å². The lowest BCUT2D eigenvalue weighted by Gasteiger charge is -2.23. The summed E-state index contributed by atoms with van der Waals surface area (Å²) in [6.45, 7) is 1.62. The predicted molar refractivity (Wildman–Crippen MR) is 90.5 cm³/mol. The van der Waals surface area contributed by atoms with Crippen LogP contribution in [0, 0.1) is 0 Å². The van der Waals surface area contributed by atoms with Crippen molar-refractivity contribution in [2.45, 2.75) is 13.5 Å². The van der Waals surface area contributed by atoms with Gasteiger partial charge in [0.2, 0.25) is 10.0 Å². The second-order valence-corrected chi connectivity index (χ2v) is 7.10. The van der Waals surface area contributed by atoms with Gasteiger partial charge in [0, 0.05) is 0 Å². The second-order valence-electron chi connectivity index (χ2n) is 5.20. The SMILES string of the molecule is COc1ccc(N(Cc2ccccc2)S(C)(=O)=O)cc1C(C)=O. The Morgan fingerprint density at radius 1 is 1.13 bits per heavy atom. The second kappa shape index (κ2) is 6.83. The first kappa shape index (κ1) is 17.0. The number of ether oxygens (including phenoxy) is 1. The zero-order chi connectivity index (χ0) is 17.0. The molecule has 0 aliphatic heterocycles. The summed E-state index contributed by atoms with van der Waals surface area (Å²) in [5.74, 6) is 0.242. The monoisotopic (exact) mass is 333 g/mol. The maximum absolute atomic E-state index is 12.2.